The van der Waals surface area contributed by atoms with Gasteiger partial charge < -0.3 is 5.11 Å². The quantitative estimate of drug-likeness (QED) is 0.892. The zero-order valence-corrected chi connectivity index (χ0v) is 11.1. The molecule has 7 heteroatoms. The lowest BCUT2D eigenvalue weighted by Gasteiger charge is -2.23. The number of aliphatic hydroxyl groups excluding tert-OH is 1. The van der Waals surface area contributed by atoms with Crippen LogP contribution in [0.2, 0.25) is 0 Å². The van der Waals surface area contributed by atoms with Crippen molar-refractivity contribution in [3.8, 4) is 0 Å². The van der Waals surface area contributed by atoms with E-state index >= 15 is 0 Å². The van der Waals surface area contributed by atoms with Crippen molar-refractivity contribution in [2.24, 2.45) is 7.05 Å². The number of β-amino-alcohol motifs (C(OH)–C–C–N with tert-alkyl or cyclic N) is 1. The highest BCUT2D eigenvalue weighted by atomic mass is 19.1. The van der Waals surface area contributed by atoms with Crippen molar-refractivity contribution in [1.29, 1.82) is 0 Å². The zero-order chi connectivity index (χ0) is 14.1. The summed E-state index contributed by atoms with van der Waals surface area (Å²) in [6, 6.07) is 6.48. The number of nitrogens with zero attached hydrogens (tertiary/aromatic N) is 5. The molecule has 0 amide bonds. The summed E-state index contributed by atoms with van der Waals surface area (Å²) in [7, 11) is 1.79. The van der Waals surface area contributed by atoms with Crippen LogP contribution in [-0.4, -0.2) is 42.9 Å². The molecular weight excluding hydrogens is 261 g/mol. The molecule has 3 rings (SSSR count). The second kappa shape index (κ2) is 5.26. The molecule has 0 saturated carbocycles. The Hall–Kier alpha value is -1.86. The maximum absolute atomic E-state index is 13.0. The van der Waals surface area contributed by atoms with Crippen LogP contribution in [0.1, 0.15) is 23.9 Å². The third-order valence-electron chi connectivity index (χ3n) is 3.69. The number of halogens is 1. The Labute approximate surface area is 115 Å². The average molecular weight is 277 g/mol. The van der Waals surface area contributed by atoms with E-state index in [0.29, 0.717) is 19.5 Å². The van der Waals surface area contributed by atoms with Crippen molar-refractivity contribution in [3.63, 3.8) is 0 Å². The van der Waals surface area contributed by atoms with E-state index in [1.807, 2.05) is 0 Å². The molecule has 106 valence electrons. The highest BCUT2D eigenvalue weighted by molar-refractivity contribution is 5.21. The van der Waals surface area contributed by atoms with Gasteiger partial charge in [0, 0.05) is 19.6 Å². The lowest BCUT2D eigenvalue weighted by molar-refractivity contribution is 0.170. The lowest BCUT2D eigenvalue weighted by Crippen LogP contribution is -2.26. The number of hydrogen-bond donors (Lipinski definition) is 1. The molecule has 0 radical (unpaired) electrons. The molecule has 1 aliphatic rings. The van der Waals surface area contributed by atoms with Gasteiger partial charge in [-0.25, -0.2) is 9.07 Å². The van der Waals surface area contributed by atoms with Gasteiger partial charge in [-0.3, -0.25) is 4.90 Å². The van der Waals surface area contributed by atoms with E-state index in [0.717, 1.165) is 11.4 Å². The van der Waals surface area contributed by atoms with Gasteiger partial charge >= 0.3 is 0 Å². The van der Waals surface area contributed by atoms with E-state index in [9.17, 15) is 9.50 Å². The van der Waals surface area contributed by atoms with Crippen molar-refractivity contribution in [2.45, 2.75) is 25.1 Å². The molecule has 2 atom stereocenters. The van der Waals surface area contributed by atoms with Gasteiger partial charge in [-0.15, -0.1) is 5.10 Å². The van der Waals surface area contributed by atoms with E-state index in [1.54, 1.807) is 23.9 Å². The maximum atomic E-state index is 13.0. The molecule has 1 N–H and O–H groups in total. The molecule has 20 heavy (non-hydrogen) atoms. The number of tetrazole rings is 1. The first-order valence-electron chi connectivity index (χ1n) is 6.52. The van der Waals surface area contributed by atoms with Crippen molar-refractivity contribution in [1.82, 2.24) is 25.1 Å². The number of aromatic nitrogens is 4. The minimum atomic E-state index is -0.383. The zero-order valence-electron chi connectivity index (χ0n) is 11.1. The Morgan fingerprint density at radius 1 is 1.35 bits per heavy atom. The Bertz CT molecular complexity index is 585. The first-order chi connectivity index (χ1) is 9.63. The third kappa shape index (κ3) is 2.54. The van der Waals surface area contributed by atoms with E-state index < -0.39 is 0 Å². The summed E-state index contributed by atoms with van der Waals surface area (Å²) < 4.78 is 14.6. The van der Waals surface area contributed by atoms with Gasteiger partial charge in [0.1, 0.15) is 5.82 Å². The first kappa shape index (κ1) is 13.1. The summed E-state index contributed by atoms with van der Waals surface area (Å²) in [5.41, 5.74) is 0.998. The van der Waals surface area contributed by atoms with Crippen LogP contribution >= 0.6 is 0 Å². The van der Waals surface area contributed by atoms with E-state index in [1.165, 1.54) is 12.1 Å². The normalized spacial score (nSPS) is 23.4. The lowest BCUT2D eigenvalue weighted by atomic mass is 10.0. The highest BCUT2D eigenvalue weighted by Crippen LogP contribution is 2.33. The summed E-state index contributed by atoms with van der Waals surface area (Å²) in [6.45, 7) is 1.12. The van der Waals surface area contributed by atoms with Gasteiger partial charge in [-0.1, -0.05) is 12.1 Å². The minimum Gasteiger partial charge on any atom is -0.392 e. The van der Waals surface area contributed by atoms with E-state index in [4.69, 9.17) is 0 Å². The Morgan fingerprint density at radius 3 is 2.75 bits per heavy atom. The molecule has 0 bridgehead atoms. The summed E-state index contributed by atoms with van der Waals surface area (Å²) >= 11 is 0. The van der Waals surface area contributed by atoms with Gasteiger partial charge in [0.2, 0.25) is 0 Å². The molecule has 0 unspecified atom stereocenters. The van der Waals surface area contributed by atoms with Gasteiger partial charge in [0.05, 0.1) is 12.6 Å². The van der Waals surface area contributed by atoms with Crippen LogP contribution in [0, 0.1) is 5.82 Å². The molecule has 2 aromatic rings. The van der Waals surface area contributed by atoms with Crippen LogP contribution in [-0.2, 0) is 13.6 Å². The SMILES string of the molecule is Cn1nnnc1CN1C[C@H](O)C[C@@H]1c1ccc(F)cc1. The minimum absolute atomic E-state index is 0.0577. The van der Waals surface area contributed by atoms with Crippen LogP contribution in [0.25, 0.3) is 0 Å². The van der Waals surface area contributed by atoms with Crippen LogP contribution in [0.5, 0.6) is 0 Å². The number of aryl methyl sites for hydroxylation is 1. The van der Waals surface area contributed by atoms with Gasteiger partial charge in [-0.2, -0.15) is 0 Å². The molecule has 0 aliphatic carbocycles. The fourth-order valence-electron chi connectivity index (χ4n) is 2.65. The number of aliphatic hydroxyl groups is 1. The number of benzene rings is 1. The molecular formula is C13H16FN5O. The standard InChI is InChI=1S/C13H16FN5O/c1-18-13(15-16-17-18)8-19-7-11(20)6-12(19)9-2-4-10(14)5-3-9/h2-5,11-12,20H,6-8H2,1H3/t11-,12-/m1/s1. The molecule has 1 fully saturated rings. The van der Waals surface area contributed by atoms with Crippen molar-refractivity contribution < 1.29 is 9.50 Å². The first-order valence-corrected chi connectivity index (χ1v) is 6.52. The molecule has 1 aromatic heterocycles. The number of likely N-dealkylation sites (tertiary alicyclic amines) is 1. The smallest absolute Gasteiger partial charge is 0.165 e. The van der Waals surface area contributed by atoms with Crippen LogP contribution < -0.4 is 0 Å². The van der Waals surface area contributed by atoms with Crippen molar-refractivity contribution in [3.05, 3.63) is 41.5 Å². The molecule has 1 saturated heterocycles. The monoisotopic (exact) mass is 277 g/mol. The topological polar surface area (TPSA) is 67.1 Å². The van der Waals surface area contributed by atoms with Crippen LogP contribution in [0.4, 0.5) is 4.39 Å². The average Bonchev–Trinajstić information content (AvgIpc) is 2.98. The molecule has 6 nitrogen and oxygen atoms in total. The maximum Gasteiger partial charge on any atom is 0.165 e. The Balaban J connectivity index is 1.81. The molecule has 1 aromatic carbocycles. The largest absolute Gasteiger partial charge is 0.392 e. The number of rotatable bonds is 3. The Kier molecular flexibility index (Phi) is 3.45. The van der Waals surface area contributed by atoms with E-state index in [2.05, 4.69) is 20.4 Å². The van der Waals surface area contributed by atoms with Crippen molar-refractivity contribution in [2.75, 3.05) is 6.54 Å². The predicted molar refractivity (Wildman–Crippen MR) is 69.0 cm³/mol. The summed E-state index contributed by atoms with van der Waals surface area (Å²) in [6.07, 6.45) is 0.253. The van der Waals surface area contributed by atoms with Crippen LogP contribution in [0.15, 0.2) is 24.3 Å². The predicted octanol–water partition coefficient (Wildman–Crippen LogP) is 0.657. The summed E-state index contributed by atoms with van der Waals surface area (Å²) in [5, 5.41) is 21.3. The Morgan fingerprint density at radius 2 is 2.10 bits per heavy atom. The number of hydrogen-bond acceptors (Lipinski definition) is 5. The van der Waals surface area contributed by atoms with Crippen molar-refractivity contribution >= 4 is 0 Å². The van der Waals surface area contributed by atoms with Gasteiger partial charge in [-0.05, 0) is 34.5 Å². The summed E-state index contributed by atoms with van der Waals surface area (Å²) in [4.78, 5) is 2.11. The van der Waals surface area contributed by atoms with Crippen LogP contribution in [0.3, 0.4) is 0 Å². The second-order valence-electron chi connectivity index (χ2n) is 5.11. The molecule has 2 heterocycles. The van der Waals surface area contributed by atoms with Gasteiger partial charge in [0.25, 0.3) is 0 Å². The van der Waals surface area contributed by atoms with E-state index in [-0.39, 0.29) is 18.0 Å². The fourth-order valence-corrected chi connectivity index (χ4v) is 2.65. The second-order valence-corrected chi connectivity index (χ2v) is 5.11. The third-order valence-corrected chi connectivity index (χ3v) is 3.69. The summed E-state index contributed by atoms with van der Waals surface area (Å²) in [5.74, 6) is 0.488. The highest BCUT2D eigenvalue weighted by Gasteiger charge is 2.32. The fraction of sp³-hybridized carbons (Fsp3) is 0.462. The molecule has 1 aliphatic heterocycles. The van der Waals surface area contributed by atoms with Gasteiger partial charge in [0.15, 0.2) is 5.82 Å². The molecule has 0 spiro atoms.